The molecule has 6 aromatic carbocycles. The van der Waals surface area contributed by atoms with Crippen LogP contribution in [-0.2, 0) is 5.41 Å². The molecular weight excluding hydrogens is 535 g/mol. The van der Waals surface area contributed by atoms with Crippen molar-refractivity contribution in [1.82, 2.24) is 4.57 Å². The number of para-hydroxylation sites is 3. The lowest BCUT2D eigenvalue weighted by Gasteiger charge is -2.50. The summed E-state index contributed by atoms with van der Waals surface area (Å²) in [5.41, 5.74) is 14.5. The fourth-order valence-corrected chi connectivity index (χ4v) is 12.4. The van der Waals surface area contributed by atoms with E-state index in [4.69, 9.17) is 0 Å². The second kappa shape index (κ2) is 8.46. The topological polar surface area (TPSA) is 4.93 Å². The summed E-state index contributed by atoms with van der Waals surface area (Å²) in [5.74, 6) is 0. The van der Waals surface area contributed by atoms with E-state index in [1.165, 1.54) is 77.2 Å². The minimum Gasteiger partial charge on any atom is -0.309 e. The van der Waals surface area contributed by atoms with Gasteiger partial charge in [0.25, 0.3) is 0 Å². The van der Waals surface area contributed by atoms with Crippen molar-refractivity contribution in [3.8, 4) is 16.8 Å². The molecule has 1 aromatic heterocycles. The minimum atomic E-state index is -2.14. The molecule has 0 N–H and O–H groups in total. The summed E-state index contributed by atoms with van der Waals surface area (Å²) in [5, 5.41) is 5.74. The van der Waals surface area contributed by atoms with Crippen LogP contribution in [0.3, 0.4) is 0 Å². The molecule has 2 heteroatoms. The molecule has 2 aliphatic rings. The molecule has 0 saturated carbocycles. The molecule has 9 rings (SSSR count). The molecule has 0 bridgehead atoms. The molecule has 7 aromatic rings. The van der Waals surface area contributed by atoms with Gasteiger partial charge in [-0.15, -0.1) is 0 Å². The summed E-state index contributed by atoms with van der Waals surface area (Å²) in [6.45, 7) is 9.58. The Labute approximate surface area is 254 Å². The molecule has 43 heavy (non-hydrogen) atoms. The van der Waals surface area contributed by atoms with Crippen LogP contribution in [0, 0.1) is 13.8 Å². The normalized spacial score (nSPS) is 17.6. The Morgan fingerprint density at radius 3 is 2.02 bits per heavy atom. The zero-order valence-corrected chi connectivity index (χ0v) is 26.1. The van der Waals surface area contributed by atoms with Gasteiger partial charge in [0.15, 0.2) is 0 Å². The lowest BCUT2D eigenvalue weighted by atomic mass is 9.62. The van der Waals surface area contributed by atoms with Gasteiger partial charge in [0.2, 0.25) is 0 Å². The highest BCUT2D eigenvalue weighted by Gasteiger charge is 2.53. The molecule has 1 spiro atoms. The average molecular weight is 568 g/mol. The molecule has 0 fully saturated rings. The number of aromatic nitrogens is 1. The van der Waals surface area contributed by atoms with Gasteiger partial charge in [0.05, 0.1) is 22.1 Å². The maximum absolute atomic E-state index is 2.57. The number of hydrogen-bond donors (Lipinski definition) is 0. The van der Waals surface area contributed by atoms with Crippen molar-refractivity contribution in [2.45, 2.75) is 32.4 Å². The smallest absolute Gasteiger partial charge is 0.113 e. The third-order valence-electron chi connectivity index (χ3n) is 10.3. The summed E-state index contributed by atoms with van der Waals surface area (Å²) < 4.78 is 2.54. The fraction of sp³-hybridized carbons (Fsp3) is 0.122. The van der Waals surface area contributed by atoms with Crippen molar-refractivity contribution in [3.05, 3.63) is 161 Å². The lowest BCUT2D eigenvalue weighted by Crippen LogP contribution is -2.64. The largest absolute Gasteiger partial charge is 0.309 e. The van der Waals surface area contributed by atoms with Gasteiger partial charge in [0, 0.05) is 10.8 Å². The Morgan fingerprint density at radius 1 is 0.558 bits per heavy atom. The van der Waals surface area contributed by atoms with Gasteiger partial charge in [-0.3, -0.25) is 0 Å². The first-order valence-electron chi connectivity index (χ1n) is 15.4. The van der Waals surface area contributed by atoms with Crippen molar-refractivity contribution < 1.29 is 0 Å². The number of hydrogen-bond acceptors (Lipinski definition) is 0. The molecule has 3 heterocycles. The van der Waals surface area contributed by atoms with Gasteiger partial charge in [-0.2, -0.15) is 0 Å². The van der Waals surface area contributed by atoms with E-state index in [0.29, 0.717) is 0 Å². The second-order valence-electron chi connectivity index (χ2n) is 13.1. The van der Waals surface area contributed by atoms with E-state index < -0.39 is 13.5 Å². The lowest BCUT2D eigenvalue weighted by molar-refractivity contribution is 0.732. The molecule has 206 valence electrons. The van der Waals surface area contributed by atoms with Crippen LogP contribution in [0.1, 0.15) is 33.4 Å². The molecule has 0 saturated heterocycles. The van der Waals surface area contributed by atoms with Crippen molar-refractivity contribution in [2.75, 3.05) is 0 Å². The molecular formula is C41H33NSi. The van der Waals surface area contributed by atoms with Crippen molar-refractivity contribution in [1.29, 1.82) is 0 Å². The summed E-state index contributed by atoms with van der Waals surface area (Å²) >= 11 is 0. The standard InChI is InChI=1S/C41H33NSi/c1-26-23-27(2)25-28(24-26)29-14-11-19-35-40(29)43(3,4)38-22-10-7-17-33(38)41(35)32-16-6-9-21-37(32)42-36-20-8-5-13-30(36)31-15-12-18-34(41)39(31)42/h5-25H,1-4H3. The van der Waals surface area contributed by atoms with Crippen LogP contribution in [0.4, 0.5) is 0 Å². The Kier molecular flexibility index (Phi) is 4.90. The number of rotatable bonds is 1. The van der Waals surface area contributed by atoms with Gasteiger partial charge in [0.1, 0.15) is 8.07 Å². The Bertz CT molecular complexity index is 2280. The summed E-state index contributed by atoms with van der Waals surface area (Å²) in [6.07, 6.45) is 0. The quantitative estimate of drug-likeness (QED) is 0.175. The zero-order chi connectivity index (χ0) is 29.1. The van der Waals surface area contributed by atoms with Gasteiger partial charge in [-0.05, 0) is 69.7 Å². The fourth-order valence-electron chi connectivity index (χ4n) is 8.83. The van der Waals surface area contributed by atoms with Crippen molar-refractivity contribution >= 4 is 40.3 Å². The number of aryl methyl sites for hydroxylation is 2. The highest BCUT2D eigenvalue weighted by molar-refractivity contribution is 7.02. The zero-order valence-electron chi connectivity index (χ0n) is 25.1. The number of fused-ring (bicyclic) bond motifs is 11. The molecule has 2 aliphatic heterocycles. The first-order chi connectivity index (χ1) is 20.9. The van der Waals surface area contributed by atoms with E-state index in [0.717, 1.165) is 0 Å². The highest BCUT2D eigenvalue weighted by Crippen LogP contribution is 2.55. The van der Waals surface area contributed by atoms with Gasteiger partial charge >= 0.3 is 0 Å². The van der Waals surface area contributed by atoms with Crippen molar-refractivity contribution in [3.63, 3.8) is 0 Å². The molecule has 0 aliphatic carbocycles. The Morgan fingerprint density at radius 2 is 1.19 bits per heavy atom. The summed E-state index contributed by atoms with van der Waals surface area (Å²) in [7, 11) is -2.14. The SMILES string of the molecule is Cc1cc(C)cc(-c2cccc3c2[Si](C)(C)c2ccccc2C32c3ccccc3-n3c4ccccc4c4cccc2c43)c1. The van der Waals surface area contributed by atoms with Crippen LogP contribution in [0.25, 0.3) is 38.6 Å². The van der Waals surface area contributed by atoms with E-state index in [-0.39, 0.29) is 0 Å². The van der Waals surface area contributed by atoms with E-state index in [2.05, 4.69) is 159 Å². The molecule has 1 unspecified atom stereocenters. The predicted octanol–water partition coefficient (Wildman–Crippen LogP) is 8.90. The van der Waals surface area contributed by atoms with E-state index in [1.54, 1.807) is 5.19 Å². The van der Waals surface area contributed by atoms with Crippen LogP contribution >= 0.6 is 0 Å². The van der Waals surface area contributed by atoms with Gasteiger partial charge in [-0.25, -0.2) is 0 Å². The number of nitrogens with zero attached hydrogens (tertiary/aromatic N) is 1. The average Bonchev–Trinajstić information content (AvgIpc) is 3.36. The first kappa shape index (κ1) is 24.9. The van der Waals surface area contributed by atoms with E-state index in [1.807, 2.05) is 0 Å². The van der Waals surface area contributed by atoms with Gasteiger partial charge < -0.3 is 4.57 Å². The van der Waals surface area contributed by atoms with E-state index >= 15 is 0 Å². The van der Waals surface area contributed by atoms with Gasteiger partial charge in [-0.1, -0.05) is 139 Å². The van der Waals surface area contributed by atoms with Crippen LogP contribution in [0.2, 0.25) is 13.1 Å². The maximum atomic E-state index is 2.57. The minimum absolute atomic E-state index is 0.427. The molecule has 0 radical (unpaired) electrons. The summed E-state index contributed by atoms with van der Waals surface area (Å²) in [6, 6.07) is 48.7. The van der Waals surface area contributed by atoms with Crippen LogP contribution < -0.4 is 10.4 Å². The third kappa shape index (κ3) is 3.02. The molecule has 1 nitrogen and oxygen atoms in total. The first-order valence-corrected chi connectivity index (χ1v) is 18.4. The molecule has 0 amide bonds. The second-order valence-corrected chi connectivity index (χ2v) is 17.4. The number of benzene rings is 6. The molecule has 1 atom stereocenters. The summed E-state index contributed by atoms with van der Waals surface area (Å²) in [4.78, 5) is 0. The van der Waals surface area contributed by atoms with E-state index in [9.17, 15) is 0 Å². The third-order valence-corrected chi connectivity index (χ3v) is 13.8. The maximum Gasteiger partial charge on any atom is 0.113 e. The van der Waals surface area contributed by atoms with Crippen LogP contribution in [-0.4, -0.2) is 12.6 Å². The Hall–Kier alpha value is -4.66. The van der Waals surface area contributed by atoms with Crippen molar-refractivity contribution in [2.24, 2.45) is 0 Å². The monoisotopic (exact) mass is 567 g/mol. The Balaban J connectivity index is 1.54. The van der Waals surface area contributed by atoms with Crippen LogP contribution in [0.15, 0.2) is 127 Å². The van der Waals surface area contributed by atoms with Crippen LogP contribution in [0.5, 0.6) is 0 Å². The highest BCUT2D eigenvalue weighted by atomic mass is 28.3. The predicted molar refractivity (Wildman–Crippen MR) is 184 cm³/mol.